The molecule has 0 bridgehead atoms. The minimum absolute atomic E-state index is 0.242. The summed E-state index contributed by atoms with van der Waals surface area (Å²) in [4.78, 5) is 0. The molecular weight excluding hydrogens is 221 g/mol. The molecule has 3 nitrogen and oxygen atoms in total. The van der Waals surface area contributed by atoms with Gasteiger partial charge in [0.25, 0.3) is 0 Å². The second kappa shape index (κ2) is 5.36. The van der Waals surface area contributed by atoms with Gasteiger partial charge >= 0.3 is 0 Å². The molecule has 1 saturated heterocycles. The van der Waals surface area contributed by atoms with Crippen LogP contribution in [0.3, 0.4) is 0 Å². The molecule has 0 saturated carbocycles. The molecule has 17 heavy (non-hydrogen) atoms. The maximum Gasteiger partial charge on any atom is 0.206 e. The van der Waals surface area contributed by atoms with Crippen molar-refractivity contribution in [1.82, 2.24) is 5.32 Å². The first kappa shape index (κ1) is 12.2. The fourth-order valence-electron chi connectivity index (χ4n) is 2.23. The number of halogens is 1. The van der Waals surface area contributed by atoms with Crippen LogP contribution in [0.4, 0.5) is 4.39 Å². The Bertz CT molecular complexity index is 364. The molecule has 0 amide bonds. The highest BCUT2D eigenvalue weighted by Crippen LogP contribution is 2.33. The second-order valence-electron chi connectivity index (χ2n) is 4.24. The van der Waals surface area contributed by atoms with Gasteiger partial charge in [-0.05, 0) is 37.1 Å². The van der Waals surface area contributed by atoms with E-state index in [9.17, 15) is 4.39 Å². The van der Waals surface area contributed by atoms with Crippen LogP contribution in [0.1, 0.15) is 30.9 Å². The summed E-state index contributed by atoms with van der Waals surface area (Å²) < 4.78 is 23.8. The number of rotatable bonds is 3. The summed E-state index contributed by atoms with van der Waals surface area (Å²) in [6.07, 6.45) is 3.46. The van der Waals surface area contributed by atoms with Crippen molar-refractivity contribution in [1.29, 1.82) is 0 Å². The molecule has 1 aliphatic rings. The molecule has 0 spiro atoms. The van der Waals surface area contributed by atoms with Gasteiger partial charge in [-0.25, -0.2) is 0 Å². The zero-order chi connectivity index (χ0) is 12.3. The number of benzene rings is 1. The van der Waals surface area contributed by atoms with Crippen LogP contribution in [0, 0.1) is 5.82 Å². The van der Waals surface area contributed by atoms with E-state index in [4.69, 9.17) is 9.47 Å². The van der Waals surface area contributed by atoms with E-state index in [1.54, 1.807) is 12.1 Å². The third kappa shape index (κ3) is 2.52. The molecule has 0 aromatic heterocycles. The van der Waals surface area contributed by atoms with Crippen molar-refractivity contribution >= 4 is 0 Å². The Labute approximate surface area is 101 Å². The quantitative estimate of drug-likeness (QED) is 0.879. The molecule has 1 aliphatic heterocycles. The summed E-state index contributed by atoms with van der Waals surface area (Å²) in [5, 5.41) is 3.42. The summed E-state index contributed by atoms with van der Waals surface area (Å²) >= 11 is 0. The maximum absolute atomic E-state index is 13.8. The molecule has 2 rings (SSSR count). The SMILES string of the molecule is COc1cc(C2CCCCN2)cc(OC)c1F. The number of methoxy groups -OCH3 is 2. The van der Waals surface area contributed by atoms with Gasteiger partial charge < -0.3 is 14.8 Å². The summed E-state index contributed by atoms with van der Waals surface area (Å²) in [5.74, 6) is 0.0491. The standard InChI is InChI=1S/C13H18FNO2/c1-16-11-7-9(8-12(17-2)13(11)14)10-5-3-4-6-15-10/h7-8,10,15H,3-6H2,1-2H3. The van der Waals surface area contributed by atoms with Crippen LogP contribution in [-0.4, -0.2) is 20.8 Å². The van der Waals surface area contributed by atoms with E-state index in [2.05, 4.69) is 5.32 Å². The van der Waals surface area contributed by atoms with Crippen LogP contribution in [-0.2, 0) is 0 Å². The van der Waals surface area contributed by atoms with Gasteiger partial charge in [0.15, 0.2) is 11.5 Å². The van der Waals surface area contributed by atoms with Crippen LogP contribution in [0.5, 0.6) is 11.5 Å². The first-order chi connectivity index (χ1) is 8.26. The normalized spacial score (nSPS) is 20.1. The Morgan fingerprint density at radius 3 is 2.29 bits per heavy atom. The molecule has 1 unspecified atom stereocenters. The molecule has 1 heterocycles. The maximum atomic E-state index is 13.8. The molecular formula is C13H18FNO2. The minimum Gasteiger partial charge on any atom is -0.494 e. The lowest BCUT2D eigenvalue weighted by Gasteiger charge is -2.24. The zero-order valence-electron chi connectivity index (χ0n) is 10.3. The van der Waals surface area contributed by atoms with Crippen LogP contribution in [0.2, 0.25) is 0 Å². The second-order valence-corrected chi connectivity index (χ2v) is 4.24. The van der Waals surface area contributed by atoms with E-state index in [1.165, 1.54) is 27.1 Å². The number of nitrogens with one attached hydrogen (secondary N) is 1. The van der Waals surface area contributed by atoms with Gasteiger partial charge in [0.2, 0.25) is 5.82 Å². The number of hydrogen-bond donors (Lipinski definition) is 1. The Morgan fingerprint density at radius 2 is 1.82 bits per heavy atom. The van der Waals surface area contributed by atoms with Gasteiger partial charge in [-0.1, -0.05) is 6.42 Å². The molecule has 0 aliphatic carbocycles. The van der Waals surface area contributed by atoms with Gasteiger partial charge in [0.1, 0.15) is 0 Å². The molecule has 0 radical (unpaired) electrons. The molecule has 4 heteroatoms. The topological polar surface area (TPSA) is 30.5 Å². The van der Waals surface area contributed by atoms with Gasteiger partial charge in [0.05, 0.1) is 14.2 Å². The lowest BCUT2D eigenvalue weighted by atomic mass is 9.97. The Balaban J connectivity index is 2.33. The highest BCUT2D eigenvalue weighted by atomic mass is 19.1. The summed E-state index contributed by atoms with van der Waals surface area (Å²) in [7, 11) is 2.94. The van der Waals surface area contributed by atoms with E-state index in [1.807, 2.05) is 0 Å². The van der Waals surface area contributed by atoms with Gasteiger partial charge in [0, 0.05) is 6.04 Å². The van der Waals surface area contributed by atoms with E-state index in [-0.39, 0.29) is 17.5 Å². The van der Waals surface area contributed by atoms with Crippen LogP contribution in [0.25, 0.3) is 0 Å². The van der Waals surface area contributed by atoms with Gasteiger partial charge in [-0.2, -0.15) is 4.39 Å². The first-order valence-corrected chi connectivity index (χ1v) is 5.91. The zero-order valence-corrected chi connectivity index (χ0v) is 10.3. The van der Waals surface area contributed by atoms with E-state index < -0.39 is 5.82 Å². The van der Waals surface area contributed by atoms with Crippen molar-refractivity contribution in [2.45, 2.75) is 25.3 Å². The Morgan fingerprint density at radius 1 is 1.18 bits per heavy atom. The van der Waals surface area contributed by atoms with E-state index >= 15 is 0 Å². The number of piperidine rings is 1. The van der Waals surface area contributed by atoms with E-state index in [0.717, 1.165) is 18.5 Å². The average molecular weight is 239 g/mol. The average Bonchev–Trinajstić information content (AvgIpc) is 2.40. The predicted molar refractivity (Wildman–Crippen MR) is 64.1 cm³/mol. The van der Waals surface area contributed by atoms with Crippen molar-refractivity contribution in [2.75, 3.05) is 20.8 Å². The van der Waals surface area contributed by atoms with Crippen LogP contribution >= 0.6 is 0 Å². The minimum atomic E-state index is -0.436. The lowest BCUT2D eigenvalue weighted by Crippen LogP contribution is -2.26. The molecule has 94 valence electrons. The van der Waals surface area contributed by atoms with Crippen LogP contribution < -0.4 is 14.8 Å². The predicted octanol–water partition coefficient (Wildman–Crippen LogP) is 2.66. The van der Waals surface area contributed by atoms with Crippen molar-refractivity contribution in [3.8, 4) is 11.5 Å². The molecule has 1 aromatic rings. The fourth-order valence-corrected chi connectivity index (χ4v) is 2.23. The van der Waals surface area contributed by atoms with Crippen molar-refractivity contribution in [3.05, 3.63) is 23.5 Å². The molecule has 1 aromatic carbocycles. The highest BCUT2D eigenvalue weighted by molar-refractivity contribution is 5.41. The number of ether oxygens (including phenoxy) is 2. The van der Waals surface area contributed by atoms with Crippen molar-refractivity contribution in [3.63, 3.8) is 0 Å². The summed E-state index contributed by atoms with van der Waals surface area (Å²) in [6.45, 7) is 1.01. The molecule has 1 N–H and O–H groups in total. The fraction of sp³-hybridized carbons (Fsp3) is 0.538. The number of hydrogen-bond acceptors (Lipinski definition) is 3. The van der Waals surface area contributed by atoms with Gasteiger partial charge in [-0.3, -0.25) is 0 Å². The smallest absolute Gasteiger partial charge is 0.206 e. The van der Waals surface area contributed by atoms with Crippen molar-refractivity contribution in [2.24, 2.45) is 0 Å². The summed E-state index contributed by atoms with van der Waals surface area (Å²) in [6, 6.07) is 3.77. The van der Waals surface area contributed by atoms with E-state index in [0.29, 0.717) is 0 Å². The first-order valence-electron chi connectivity index (χ1n) is 5.91. The van der Waals surface area contributed by atoms with Crippen molar-refractivity contribution < 1.29 is 13.9 Å². The Hall–Kier alpha value is -1.29. The third-order valence-corrected chi connectivity index (χ3v) is 3.18. The summed E-state index contributed by atoms with van der Waals surface area (Å²) in [5.41, 5.74) is 1.03. The monoisotopic (exact) mass is 239 g/mol. The molecule has 1 atom stereocenters. The highest BCUT2D eigenvalue weighted by Gasteiger charge is 2.19. The third-order valence-electron chi connectivity index (χ3n) is 3.18. The van der Waals surface area contributed by atoms with Crippen LogP contribution in [0.15, 0.2) is 12.1 Å². The largest absolute Gasteiger partial charge is 0.494 e. The molecule has 1 fully saturated rings. The Kier molecular flexibility index (Phi) is 3.84. The van der Waals surface area contributed by atoms with Gasteiger partial charge in [-0.15, -0.1) is 0 Å². The lowest BCUT2D eigenvalue weighted by molar-refractivity contribution is 0.345.